The summed E-state index contributed by atoms with van der Waals surface area (Å²) < 4.78 is 11.5. The highest BCUT2D eigenvalue weighted by molar-refractivity contribution is 5.98. The van der Waals surface area contributed by atoms with Crippen molar-refractivity contribution in [3.63, 3.8) is 0 Å². The summed E-state index contributed by atoms with van der Waals surface area (Å²) in [6.07, 6.45) is 5.17. The highest BCUT2D eigenvalue weighted by Gasteiger charge is 2.25. The van der Waals surface area contributed by atoms with Gasteiger partial charge in [-0.3, -0.25) is 9.78 Å². The number of piperidine rings is 1. The molecule has 2 N–H and O–H groups in total. The second kappa shape index (κ2) is 11.2. The van der Waals surface area contributed by atoms with Crippen molar-refractivity contribution in [2.45, 2.75) is 25.6 Å². The first-order chi connectivity index (χ1) is 19.6. The van der Waals surface area contributed by atoms with Gasteiger partial charge in [-0.2, -0.15) is 0 Å². The topological polar surface area (TPSA) is 113 Å². The Morgan fingerprint density at radius 1 is 1.05 bits per heavy atom. The number of pyridine rings is 2. The summed E-state index contributed by atoms with van der Waals surface area (Å²) in [4.78, 5) is 31.8. The number of aromatic nitrogens is 4. The summed E-state index contributed by atoms with van der Waals surface area (Å²) in [6.45, 7) is 1.65. The molecule has 1 aliphatic rings. The lowest BCUT2D eigenvalue weighted by Gasteiger charge is -2.32. The first-order valence-electron chi connectivity index (χ1n) is 13.2. The van der Waals surface area contributed by atoms with Crippen molar-refractivity contribution < 1.29 is 19.4 Å². The summed E-state index contributed by atoms with van der Waals surface area (Å²) >= 11 is 0. The zero-order chi connectivity index (χ0) is 27.5. The van der Waals surface area contributed by atoms with Gasteiger partial charge in [0.2, 0.25) is 5.88 Å². The van der Waals surface area contributed by atoms with Crippen molar-refractivity contribution in [3.05, 3.63) is 90.4 Å². The minimum Gasteiger partial charge on any atom is -0.507 e. The van der Waals surface area contributed by atoms with E-state index in [9.17, 15) is 9.90 Å². The number of H-pyrrole nitrogens is 1. The van der Waals surface area contributed by atoms with E-state index >= 15 is 0 Å². The van der Waals surface area contributed by atoms with Crippen LogP contribution in [0.1, 0.15) is 28.9 Å². The Labute approximate surface area is 231 Å². The highest BCUT2D eigenvalue weighted by atomic mass is 16.5. The summed E-state index contributed by atoms with van der Waals surface area (Å²) in [5.74, 6) is 1.04. The lowest BCUT2D eigenvalue weighted by Crippen LogP contribution is -2.43. The number of imidazole rings is 1. The summed E-state index contributed by atoms with van der Waals surface area (Å²) in [5, 5.41) is 10.7. The molecule has 0 aliphatic carbocycles. The number of phenols is 1. The van der Waals surface area contributed by atoms with Gasteiger partial charge in [0.25, 0.3) is 5.91 Å². The maximum Gasteiger partial charge on any atom is 0.254 e. The van der Waals surface area contributed by atoms with Crippen molar-refractivity contribution >= 4 is 16.9 Å². The molecule has 1 fully saturated rings. The number of aromatic amines is 1. The molecule has 0 saturated carbocycles. The Hall–Kier alpha value is -4.76. The fourth-order valence-electron chi connectivity index (χ4n) is 5.06. The number of nitrogens with zero attached hydrogens (tertiary/aromatic N) is 4. The number of rotatable bonds is 7. The Kier molecular flexibility index (Phi) is 7.11. The molecule has 0 bridgehead atoms. The maximum atomic E-state index is 13.4. The molecule has 9 nitrogen and oxygen atoms in total. The zero-order valence-electron chi connectivity index (χ0n) is 22.1. The minimum atomic E-state index is -0.0499. The lowest BCUT2D eigenvalue weighted by atomic mass is 10.0. The molecule has 4 heterocycles. The van der Waals surface area contributed by atoms with Crippen molar-refractivity contribution in [2.75, 3.05) is 20.2 Å². The SMILES string of the molecule is COc1ncccc1-c1ccc(O)c(-c2nc3cc(C(=O)N4CCCC(OCc5ccccn5)C4)ccc3[nH]2)c1. The predicted molar refractivity (Wildman–Crippen MR) is 151 cm³/mol. The lowest BCUT2D eigenvalue weighted by molar-refractivity contribution is -0.00784. The van der Waals surface area contributed by atoms with Gasteiger partial charge in [0, 0.05) is 36.6 Å². The van der Waals surface area contributed by atoms with Crippen LogP contribution >= 0.6 is 0 Å². The highest BCUT2D eigenvalue weighted by Crippen LogP contribution is 2.35. The number of likely N-dealkylation sites (tertiary alicyclic amines) is 1. The van der Waals surface area contributed by atoms with Gasteiger partial charge in [-0.1, -0.05) is 12.1 Å². The summed E-state index contributed by atoms with van der Waals surface area (Å²) in [7, 11) is 1.57. The number of benzene rings is 2. The number of nitrogens with one attached hydrogen (secondary N) is 1. The molecule has 1 atom stereocenters. The number of hydrogen-bond donors (Lipinski definition) is 2. The van der Waals surface area contributed by atoms with Crippen LogP contribution < -0.4 is 4.74 Å². The Balaban J connectivity index is 1.21. The zero-order valence-corrected chi connectivity index (χ0v) is 22.1. The number of amides is 1. The monoisotopic (exact) mass is 535 g/mol. The first kappa shape index (κ1) is 25.5. The van der Waals surface area contributed by atoms with Crippen LogP contribution in [0.25, 0.3) is 33.5 Å². The van der Waals surface area contributed by atoms with E-state index in [-0.39, 0.29) is 17.8 Å². The van der Waals surface area contributed by atoms with Gasteiger partial charge in [-0.15, -0.1) is 0 Å². The maximum absolute atomic E-state index is 13.4. The number of hydrogen-bond acceptors (Lipinski definition) is 7. The minimum absolute atomic E-state index is 0.0332. The molecule has 2 aromatic carbocycles. The van der Waals surface area contributed by atoms with Gasteiger partial charge in [-0.25, -0.2) is 9.97 Å². The fraction of sp³-hybridized carbons (Fsp3) is 0.226. The van der Waals surface area contributed by atoms with Crippen LogP contribution in [0.2, 0.25) is 0 Å². The van der Waals surface area contributed by atoms with E-state index in [1.807, 2.05) is 59.5 Å². The van der Waals surface area contributed by atoms with Crippen molar-refractivity contribution in [2.24, 2.45) is 0 Å². The first-order valence-corrected chi connectivity index (χ1v) is 13.2. The van der Waals surface area contributed by atoms with E-state index in [1.165, 1.54) is 0 Å². The van der Waals surface area contributed by atoms with E-state index < -0.39 is 0 Å². The third-order valence-corrected chi connectivity index (χ3v) is 7.12. The van der Waals surface area contributed by atoms with Gasteiger partial charge in [0.15, 0.2) is 0 Å². The Morgan fingerprint density at radius 2 is 1.95 bits per heavy atom. The number of carbonyl (C=O) groups is 1. The van der Waals surface area contributed by atoms with Crippen LogP contribution in [0.15, 0.2) is 79.1 Å². The number of carbonyl (C=O) groups excluding carboxylic acids is 1. The second-order valence-corrected chi connectivity index (χ2v) is 9.76. The van der Waals surface area contributed by atoms with E-state index in [2.05, 4.69) is 15.0 Å². The normalized spacial score (nSPS) is 15.3. The molecule has 9 heteroatoms. The van der Waals surface area contributed by atoms with Crippen LogP contribution in [-0.2, 0) is 11.3 Å². The molecule has 5 aromatic rings. The van der Waals surface area contributed by atoms with Gasteiger partial charge < -0.3 is 24.5 Å². The molecule has 1 saturated heterocycles. The van der Waals surface area contributed by atoms with Crippen molar-refractivity contribution in [1.82, 2.24) is 24.8 Å². The molecule has 1 amide bonds. The standard InChI is InChI=1S/C31H29N5O4/c1-39-30-24(8-4-14-33-30)20-10-12-28(37)25(16-20)29-34-26-11-9-21(17-27(26)35-29)31(38)36-15-5-7-23(18-36)40-19-22-6-2-3-13-32-22/h2-4,6,8-14,16-17,23,37H,5,7,15,18-19H2,1H3,(H,34,35). The average molecular weight is 536 g/mol. The smallest absolute Gasteiger partial charge is 0.254 e. The van der Waals surface area contributed by atoms with Gasteiger partial charge >= 0.3 is 0 Å². The van der Waals surface area contributed by atoms with Crippen LogP contribution in [0.3, 0.4) is 0 Å². The van der Waals surface area contributed by atoms with Gasteiger partial charge in [0.05, 0.1) is 42.1 Å². The third kappa shape index (κ3) is 5.23. The number of fused-ring (bicyclic) bond motifs is 1. The quantitative estimate of drug-likeness (QED) is 0.294. The third-order valence-electron chi connectivity index (χ3n) is 7.12. The second-order valence-electron chi connectivity index (χ2n) is 9.76. The molecule has 1 aliphatic heterocycles. The van der Waals surface area contributed by atoms with E-state index in [0.29, 0.717) is 48.0 Å². The summed E-state index contributed by atoms with van der Waals surface area (Å²) in [5.41, 5.74) is 5.03. The van der Waals surface area contributed by atoms with Gasteiger partial charge in [0.1, 0.15) is 11.6 Å². The number of phenolic OH excluding ortho intramolecular Hbond substituents is 1. The van der Waals surface area contributed by atoms with Gasteiger partial charge in [-0.05, 0) is 73.0 Å². The molecule has 0 radical (unpaired) electrons. The van der Waals surface area contributed by atoms with Crippen LogP contribution in [0.5, 0.6) is 11.6 Å². The van der Waals surface area contributed by atoms with Crippen LogP contribution in [0, 0.1) is 0 Å². The van der Waals surface area contributed by atoms with E-state index in [0.717, 1.165) is 35.2 Å². The average Bonchev–Trinajstić information content (AvgIpc) is 3.44. The molecule has 1 unspecified atom stereocenters. The summed E-state index contributed by atoms with van der Waals surface area (Å²) in [6, 6.07) is 20.2. The van der Waals surface area contributed by atoms with E-state index in [4.69, 9.17) is 14.5 Å². The molecule has 40 heavy (non-hydrogen) atoms. The Bertz CT molecular complexity index is 1650. The molecule has 6 rings (SSSR count). The number of methoxy groups -OCH3 is 1. The Morgan fingerprint density at radius 3 is 2.80 bits per heavy atom. The fourth-order valence-corrected chi connectivity index (χ4v) is 5.06. The molecule has 3 aromatic heterocycles. The van der Waals surface area contributed by atoms with Crippen LogP contribution in [-0.4, -0.2) is 62.2 Å². The predicted octanol–water partition coefficient (Wildman–Crippen LogP) is 5.22. The number of ether oxygens (including phenoxy) is 2. The van der Waals surface area contributed by atoms with Crippen LogP contribution in [0.4, 0.5) is 0 Å². The van der Waals surface area contributed by atoms with Crippen molar-refractivity contribution in [3.8, 4) is 34.1 Å². The molecule has 0 spiro atoms. The number of aromatic hydroxyl groups is 1. The van der Waals surface area contributed by atoms with E-state index in [1.54, 1.807) is 31.6 Å². The molecular formula is C31H29N5O4. The largest absolute Gasteiger partial charge is 0.507 e. The molecule has 202 valence electrons. The van der Waals surface area contributed by atoms with Crippen molar-refractivity contribution in [1.29, 1.82) is 0 Å². The molecular weight excluding hydrogens is 506 g/mol.